The predicted octanol–water partition coefficient (Wildman–Crippen LogP) is 2.20. The van der Waals surface area contributed by atoms with Crippen LogP contribution in [0.4, 0.5) is 0 Å². The van der Waals surface area contributed by atoms with E-state index in [1.54, 1.807) is 0 Å². The Hall–Kier alpha value is -1.81. The van der Waals surface area contributed by atoms with Gasteiger partial charge in [-0.15, -0.1) is 0 Å². The second-order valence-electron chi connectivity index (χ2n) is 5.26. The second kappa shape index (κ2) is 4.38. The number of nitrogens with one attached hydrogen (secondary N) is 1. The lowest BCUT2D eigenvalue weighted by atomic mass is 10.1. The first-order chi connectivity index (χ1) is 9.11. The van der Waals surface area contributed by atoms with Crippen LogP contribution in [-0.2, 0) is 13.5 Å². The maximum absolute atomic E-state index is 4.79. The van der Waals surface area contributed by atoms with Crippen molar-refractivity contribution >= 4 is 16.8 Å². The third kappa shape index (κ3) is 1.83. The number of benzene rings is 1. The Labute approximate surface area is 113 Å². The van der Waals surface area contributed by atoms with E-state index in [4.69, 9.17) is 4.98 Å². The van der Waals surface area contributed by atoms with Crippen molar-refractivity contribution in [3.63, 3.8) is 0 Å². The summed E-state index contributed by atoms with van der Waals surface area (Å²) in [6.45, 7) is 5.25. The fourth-order valence-electron chi connectivity index (χ4n) is 2.74. The molecule has 2 heterocycles. The van der Waals surface area contributed by atoms with Gasteiger partial charge in [0.25, 0.3) is 0 Å². The topological polar surface area (TPSA) is 34.3 Å². The monoisotopic (exact) mass is 256 g/mol. The van der Waals surface area contributed by atoms with Crippen LogP contribution in [0.25, 0.3) is 16.8 Å². The summed E-state index contributed by atoms with van der Waals surface area (Å²) in [6, 6.07) is 4.40. The lowest BCUT2D eigenvalue weighted by Crippen LogP contribution is -2.12. The highest BCUT2D eigenvalue weighted by Gasteiger charge is 2.13. The number of nitrogens with zero attached hydrogens (tertiary/aromatic N) is 3. The van der Waals surface area contributed by atoms with Crippen molar-refractivity contribution in [1.29, 1.82) is 0 Å². The number of aromatic nitrogens is 3. The summed E-state index contributed by atoms with van der Waals surface area (Å²) >= 11 is 0. The van der Waals surface area contributed by atoms with Gasteiger partial charge in [-0.3, -0.25) is 4.40 Å². The molecule has 100 valence electrons. The molecule has 1 N–H and O–H groups in total. The molecule has 0 saturated heterocycles. The lowest BCUT2D eigenvalue weighted by Gasteiger charge is -2.01. The van der Waals surface area contributed by atoms with Crippen molar-refractivity contribution in [2.24, 2.45) is 7.05 Å². The standard InChI is InChI=1S/C15H20N4/c1-10-7-11(2)14-13(8-10)19-9-12(5-6-16-3)18(4)15(19)17-14/h7-9,16H,5-6H2,1-4H3. The van der Waals surface area contributed by atoms with Crippen LogP contribution in [0, 0.1) is 13.8 Å². The van der Waals surface area contributed by atoms with Crippen molar-refractivity contribution in [2.75, 3.05) is 13.6 Å². The highest BCUT2D eigenvalue weighted by atomic mass is 15.2. The van der Waals surface area contributed by atoms with Crippen LogP contribution in [0.5, 0.6) is 0 Å². The Morgan fingerprint density at radius 2 is 2.05 bits per heavy atom. The normalized spacial score (nSPS) is 11.8. The van der Waals surface area contributed by atoms with Crippen LogP contribution in [0.3, 0.4) is 0 Å². The van der Waals surface area contributed by atoms with Gasteiger partial charge >= 0.3 is 0 Å². The van der Waals surface area contributed by atoms with E-state index in [9.17, 15) is 0 Å². The Morgan fingerprint density at radius 1 is 1.26 bits per heavy atom. The van der Waals surface area contributed by atoms with Gasteiger partial charge in [-0.1, -0.05) is 6.07 Å². The lowest BCUT2D eigenvalue weighted by molar-refractivity contribution is 0.744. The number of fused-ring (bicyclic) bond motifs is 3. The minimum absolute atomic E-state index is 0.983. The molecule has 4 heteroatoms. The molecule has 0 saturated carbocycles. The van der Waals surface area contributed by atoms with Gasteiger partial charge in [0.2, 0.25) is 5.78 Å². The van der Waals surface area contributed by atoms with Crippen molar-refractivity contribution in [2.45, 2.75) is 20.3 Å². The third-order valence-corrected chi connectivity index (χ3v) is 3.75. The zero-order valence-corrected chi connectivity index (χ0v) is 12.0. The average Bonchev–Trinajstić information content (AvgIpc) is 2.86. The first-order valence-corrected chi connectivity index (χ1v) is 6.70. The van der Waals surface area contributed by atoms with Gasteiger partial charge in [0.15, 0.2) is 0 Å². The number of imidazole rings is 2. The maximum Gasteiger partial charge on any atom is 0.214 e. The number of likely N-dealkylation sites (N-methyl/N-ethyl adjacent to an activating group) is 1. The molecule has 0 bridgehead atoms. The second-order valence-corrected chi connectivity index (χ2v) is 5.26. The van der Waals surface area contributed by atoms with E-state index in [-0.39, 0.29) is 0 Å². The van der Waals surface area contributed by atoms with Crippen LogP contribution < -0.4 is 5.32 Å². The highest BCUT2D eigenvalue weighted by Crippen LogP contribution is 2.23. The molecule has 2 aromatic heterocycles. The van der Waals surface area contributed by atoms with Crippen LogP contribution in [-0.4, -0.2) is 27.5 Å². The molecule has 0 aliphatic rings. The van der Waals surface area contributed by atoms with Gasteiger partial charge in [0, 0.05) is 31.9 Å². The van der Waals surface area contributed by atoms with E-state index in [0.29, 0.717) is 0 Å². The van der Waals surface area contributed by atoms with Gasteiger partial charge in [-0.05, 0) is 38.1 Å². The SMILES string of the molecule is CNCCc1cn2c3cc(C)cc(C)c3nc2n1C. The maximum atomic E-state index is 4.79. The van der Waals surface area contributed by atoms with E-state index in [0.717, 1.165) is 24.3 Å². The molecular weight excluding hydrogens is 236 g/mol. The van der Waals surface area contributed by atoms with Crippen molar-refractivity contribution < 1.29 is 0 Å². The van der Waals surface area contributed by atoms with E-state index in [1.165, 1.54) is 22.3 Å². The zero-order chi connectivity index (χ0) is 13.6. The Balaban J connectivity index is 2.25. The minimum Gasteiger partial charge on any atom is -0.319 e. The fraction of sp³-hybridized carbons (Fsp3) is 0.400. The first-order valence-electron chi connectivity index (χ1n) is 6.70. The van der Waals surface area contributed by atoms with Crippen LogP contribution in [0.1, 0.15) is 16.8 Å². The molecule has 0 aliphatic carbocycles. The van der Waals surface area contributed by atoms with E-state index < -0.39 is 0 Å². The Kier molecular flexibility index (Phi) is 2.82. The van der Waals surface area contributed by atoms with Crippen LogP contribution in [0.2, 0.25) is 0 Å². The molecule has 19 heavy (non-hydrogen) atoms. The van der Waals surface area contributed by atoms with Gasteiger partial charge in [0.1, 0.15) is 0 Å². The smallest absolute Gasteiger partial charge is 0.214 e. The highest BCUT2D eigenvalue weighted by molar-refractivity contribution is 5.83. The third-order valence-electron chi connectivity index (χ3n) is 3.75. The van der Waals surface area contributed by atoms with Gasteiger partial charge in [0.05, 0.1) is 11.0 Å². The summed E-state index contributed by atoms with van der Waals surface area (Å²) in [6.07, 6.45) is 3.23. The molecule has 0 unspecified atom stereocenters. The molecular formula is C15H20N4. The van der Waals surface area contributed by atoms with Crippen molar-refractivity contribution in [3.8, 4) is 0 Å². The molecule has 0 amide bonds. The quantitative estimate of drug-likeness (QED) is 0.779. The Morgan fingerprint density at radius 3 is 2.79 bits per heavy atom. The summed E-state index contributed by atoms with van der Waals surface area (Å²) in [5.74, 6) is 1.02. The minimum atomic E-state index is 0.983. The number of aryl methyl sites for hydroxylation is 3. The summed E-state index contributed by atoms with van der Waals surface area (Å²) in [7, 11) is 4.07. The van der Waals surface area contributed by atoms with E-state index in [2.05, 4.69) is 53.5 Å². The fourth-order valence-corrected chi connectivity index (χ4v) is 2.74. The first kappa shape index (κ1) is 12.2. The molecule has 0 aliphatic heterocycles. The summed E-state index contributed by atoms with van der Waals surface area (Å²) in [4.78, 5) is 4.79. The predicted molar refractivity (Wildman–Crippen MR) is 78.8 cm³/mol. The van der Waals surface area contributed by atoms with Crippen LogP contribution >= 0.6 is 0 Å². The van der Waals surface area contributed by atoms with Crippen molar-refractivity contribution in [1.82, 2.24) is 19.3 Å². The van der Waals surface area contributed by atoms with Gasteiger partial charge < -0.3 is 9.88 Å². The van der Waals surface area contributed by atoms with Gasteiger partial charge in [-0.2, -0.15) is 0 Å². The number of rotatable bonds is 3. The molecule has 3 rings (SSSR count). The molecule has 1 aromatic carbocycles. The Bertz CT molecular complexity index is 749. The number of hydrogen-bond acceptors (Lipinski definition) is 2. The molecule has 3 aromatic rings. The molecule has 4 nitrogen and oxygen atoms in total. The van der Waals surface area contributed by atoms with Crippen LogP contribution in [0.15, 0.2) is 18.3 Å². The molecule has 0 radical (unpaired) electrons. The van der Waals surface area contributed by atoms with E-state index >= 15 is 0 Å². The average molecular weight is 256 g/mol. The molecule has 0 spiro atoms. The summed E-state index contributed by atoms with van der Waals surface area (Å²) < 4.78 is 4.40. The zero-order valence-electron chi connectivity index (χ0n) is 12.0. The summed E-state index contributed by atoms with van der Waals surface area (Å²) in [5, 5.41) is 3.19. The molecule has 0 atom stereocenters. The largest absolute Gasteiger partial charge is 0.319 e. The molecule has 0 fully saturated rings. The summed E-state index contributed by atoms with van der Waals surface area (Å²) in [5.41, 5.74) is 6.15. The van der Waals surface area contributed by atoms with Gasteiger partial charge in [-0.25, -0.2) is 4.98 Å². The van der Waals surface area contributed by atoms with Crippen molar-refractivity contribution in [3.05, 3.63) is 35.2 Å². The number of hydrogen-bond donors (Lipinski definition) is 1. The van der Waals surface area contributed by atoms with E-state index in [1.807, 2.05) is 7.05 Å².